The van der Waals surface area contributed by atoms with Gasteiger partial charge in [-0.15, -0.1) is 0 Å². The molecule has 1 N–H and O–H groups in total. The fraction of sp³-hybridized carbons (Fsp3) is 0.455. The van der Waals surface area contributed by atoms with Crippen LogP contribution in [0.4, 0.5) is 4.39 Å². The topological polar surface area (TPSA) is 12.0 Å². The lowest BCUT2D eigenvalue weighted by atomic mass is 9.95. The van der Waals surface area contributed by atoms with Crippen LogP contribution in [0.2, 0.25) is 0 Å². The molecule has 0 heterocycles. The van der Waals surface area contributed by atoms with Crippen LogP contribution in [0.5, 0.6) is 0 Å². The predicted octanol–water partition coefficient (Wildman–Crippen LogP) is 2.84. The van der Waals surface area contributed by atoms with Gasteiger partial charge in [0, 0.05) is 16.4 Å². The third kappa shape index (κ3) is 1.71. The molecule has 1 aliphatic rings. The first kappa shape index (κ1) is 10.1. The molecule has 76 valence electrons. The zero-order chi connectivity index (χ0) is 10.2. The Morgan fingerprint density at radius 1 is 1.50 bits per heavy atom. The molecule has 1 nitrogen and oxygen atoms in total. The molecule has 2 rings (SSSR count). The van der Waals surface area contributed by atoms with E-state index < -0.39 is 0 Å². The molecule has 1 aliphatic carbocycles. The first-order valence-corrected chi connectivity index (χ1v) is 5.57. The van der Waals surface area contributed by atoms with Gasteiger partial charge in [-0.25, -0.2) is 4.39 Å². The lowest BCUT2D eigenvalue weighted by Crippen LogP contribution is -2.24. The molecule has 0 saturated heterocycles. The highest BCUT2D eigenvalue weighted by Gasteiger charge is 2.45. The summed E-state index contributed by atoms with van der Waals surface area (Å²) in [6, 6.07) is 5.18. The van der Waals surface area contributed by atoms with Crippen molar-refractivity contribution in [2.45, 2.75) is 18.3 Å². The van der Waals surface area contributed by atoms with E-state index in [0.717, 1.165) is 29.4 Å². The fourth-order valence-corrected chi connectivity index (χ4v) is 2.30. The molecule has 0 radical (unpaired) electrons. The van der Waals surface area contributed by atoms with Crippen molar-refractivity contribution in [2.75, 3.05) is 13.6 Å². The van der Waals surface area contributed by atoms with Crippen LogP contribution in [0.1, 0.15) is 18.4 Å². The second-order valence-electron chi connectivity index (χ2n) is 3.93. The lowest BCUT2D eigenvalue weighted by molar-refractivity contribution is 0.551. The molecule has 1 aromatic carbocycles. The van der Waals surface area contributed by atoms with E-state index in [0.29, 0.717) is 0 Å². The number of halogens is 2. The van der Waals surface area contributed by atoms with E-state index in [-0.39, 0.29) is 11.2 Å². The van der Waals surface area contributed by atoms with Gasteiger partial charge >= 0.3 is 0 Å². The average molecular weight is 258 g/mol. The predicted molar refractivity (Wildman–Crippen MR) is 58.9 cm³/mol. The van der Waals surface area contributed by atoms with Crippen LogP contribution in [0.15, 0.2) is 22.7 Å². The van der Waals surface area contributed by atoms with Gasteiger partial charge in [-0.1, -0.05) is 15.9 Å². The van der Waals surface area contributed by atoms with Gasteiger partial charge in [0.05, 0.1) is 0 Å². The molecule has 0 spiro atoms. The molecule has 0 aliphatic heterocycles. The zero-order valence-electron chi connectivity index (χ0n) is 8.11. The van der Waals surface area contributed by atoms with Crippen molar-refractivity contribution in [1.82, 2.24) is 5.32 Å². The summed E-state index contributed by atoms with van der Waals surface area (Å²) in [6.07, 6.45) is 2.17. The molecule has 1 aromatic rings. The molecule has 0 aromatic heterocycles. The summed E-state index contributed by atoms with van der Waals surface area (Å²) >= 11 is 3.38. The van der Waals surface area contributed by atoms with Crippen LogP contribution in [0.3, 0.4) is 0 Å². The quantitative estimate of drug-likeness (QED) is 0.879. The van der Waals surface area contributed by atoms with Crippen molar-refractivity contribution in [3.05, 3.63) is 34.1 Å². The van der Waals surface area contributed by atoms with Gasteiger partial charge in [0.2, 0.25) is 0 Å². The number of nitrogens with one attached hydrogen (secondary N) is 1. The molecule has 1 fully saturated rings. The summed E-state index contributed by atoms with van der Waals surface area (Å²) in [6.45, 7) is 0.861. The van der Waals surface area contributed by atoms with Gasteiger partial charge in [0.15, 0.2) is 0 Å². The van der Waals surface area contributed by atoms with Gasteiger partial charge in [-0.3, -0.25) is 0 Å². The fourth-order valence-electron chi connectivity index (χ4n) is 1.93. The molecule has 0 amide bonds. The smallest absolute Gasteiger partial charge is 0.127 e. The van der Waals surface area contributed by atoms with Crippen LogP contribution >= 0.6 is 15.9 Å². The third-order valence-electron chi connectivity index (χ3n) is 2.87. The maximum atomic E-state index is 13.6. The Labute approximate surface area is 91.8 Å². The van der Waals surface area contributed by atoms with E-state index in [1.807, 2.05) is 13.1 Å². The van der Waals surface area contributed by atoms with Crippen molar-refractivity contribution >= 4 is 15.9 Å². The van der Waals surface area contributed by atoms with Crippen LogP contribution in [0.25, 0.3) is 0 Å². The Balaban J connectivity index is 2.35. The average Bonchev–Trinajstić information content (AvgIpc) is 2.91. The third-order valence-corrected chi connectivity index (χ3v) is 3.36. The van der Waals surface area contributed by atoms with Gasteiger partial charge in [-0.2, -0.15) is 0 Å². The highest BCUT2D eigenvalue weighted by atomic mass is 79.9. The number of likely N-dealkylation sites (N-methyl/N-ethyl adjacent to an activating group) is 1. The van der Waals surface area contributed by atoms with Crippen molar-refractivity contribution in [3.8, 4) is 0 Å². The summed E-state index contributed by atoms with van der Waals surface area (Å²) in [5.41, 5.74) is 0.907. The minimum absolute atomic E-state index is 0.0581. The Bertz CT molecular complexity index is 347. The minimum Gasteiger partial charge on any atom is -0.319 e. The summed E-state index contributed by atoms with van der Waals surface area (Å²) in [7, 11) is 1.91. The molecule has 1 saturated carbocycles. The van der Waals surface area contributed by atoms with Crippen LogP contribution in [-0.2, 0) is 5.41 Å². The summed E-state index contributed by atoms with van der Waals surface area (Å²) in [5, 5.41) is 3.13. The van der Waals surface area contributed by atoms with Gasteiger partial charge in [-0.05, 0) is 43.7 Å². The Morgan fingerprint density at radius 3 is 2.79 bits per heavy atom. The summed E-state index contributed by atoms with van der Waals surface area (Å²) in [5.74, 6) is -0.0825. The normalized spacial score (nSPS) is 18.2. The molecular formula is C11H13BrFN. The van der Waals surface area contributed by atoms with E-state index in [1.165, 1.54) is 6.07 Å². The molecule has 0 bridgehead atoms. The second kappa shape index (κ2) is 3.63. The molecular weight excluding hydrogens is 245 g/mol. The molecule has 0 atom stereocenters. The van der Waals surface area contributed by atoms with E-state index in [1.54, 1.807) is 6.07 Å². The summed E-state index contributed by atoms with van der Waals surface area (Å²) < 4.78 is 14.5. The van der Waals surface area contributed by atoms with E-state index >= 15 is 0 Å². The zero-order valence-corrected chi connectivity index (χ0v) is 9.70. The maximum absolute atomic E-state index is 13.6. The first-order valence-electron chi connectivity index (χ1n) is 4.78. The number of benzene rings is 1. The standard InChI is InChI=1S/C11H13BrFN/c1-14-7-11(4-5-11)9-6-8(12)2-3-10(9)13/h2-3,6,14H,4-5,7H2,1H3. The highest BCUT2D eigenvalue weighted by molar-refractivity contribution is 9.10. The van der Waals surface area contributed by atoms with Gasteiger partial charge in [0.1, 0.15) is 5.82 Å². The number of rotatable bonds is 3. The Kier molecular flexibility index (Phi) is 2.62. The van der Waals surface area contributed by atoms with Crippen molar-refractivity contribution in [2.24, 2.45) is 0 Å². The maximum Gasteiger partial charge on any atom is 0.127 e. The number of hydrogen-bond acceptors (Lipinski definition) is 1. The summed E-state index contributed by atoms with van der Waals surface area (Å²) in [4.78, 5) is 0. The molecule has 3 heteroatoms. The largest absolute Gasteiger partial charge is 0.319 e. The van der Waals surface area contributed by atoms with Crippen LogP contribution in [-0.4, -0.2) is 13.6 Å². The van der Waals surface area contributed by atoms with Crippen LogP contribution < -0.4 is 5.32 Å². The van der Waals surface area contributed by atoms with E-state index in [4.69, 9.17) is 0 Å². The number of hydrogen-bond donors (Lipinski definition) is 1. The lowest BCUT2D eigenvalue weighted by Gasteiger charge is -2.16. The Hall–Kier alpha value is -0.410. The SMILES string of the molecule is CNCC1(c2cc(Br)ccc2F)CC1. The van der Waals surface area contributed by atoms with E-state index in [2.05, 4.69) is 21.2 Å². The van der Waals surface area contributed by atoms with Gasteiger partial charge < -0.3 is 5.32 Å². The minimum atomic E-state index is -0.0825. The van der Waals surface area contributed by atoms with Gasteiger partial charge in [0.25, 0.3) is 0 Å². The molecule has 14 heavy (non-hydrogen) atoms. The Morgan fingerprint density at radius 2 is 2.21 bits per heavy atom. The van der Waals surface area contributed by atoms with E-state index in [9.17, 15) is 4.39 Å². The van der Waals surface area contributed by atoms with Crippen molar-refractivity contribution in [3.63, 3.8) is 0 Å². The van der Waals surface area contributed by atoms with Crippen molar-refractivity contribution < 1.29 is 4.39 Å². The first-order chi connectivity index (χ1) is 6.68. The molecule has 0 unspecified atom stereocenters. The monoisotopic (exact) mass is 257 g/mol. The second-order valence-corrected chi connectivity index (χ2v) is 4.85. The van der Waals surface area contributed by atoms with Crippen LogP contribution in [0, 0.1) is 5.82 Å². The van der Waals surface area contributed by atoms with Crippen molar-refractivity contribution in [1.29, 1.82) is 0 Å². The highest BCUT2D eigenvalue weighted by Crippen LogP contribution is 2.48.